The summed E-state index contributed by atoms with van der Waals surface area (Å²) in [5.74, 6) is -1.24. The lowest BCUT2D eigenvalue weighted by Gasteiger charge is -2.13. The SMILES string of the molecule is Cc1ccc(NC(=O)c2cccc(C(F)(F)F)c2)cc1C(=O)Nc1cncc(NC[C@H](O)CO)c1. The quantitative estimate of drug-likeness (QED) is 0.330. The first-order chi connectivity index (χ1) is 16.6. The maximum Gasteiger partial charge on any atom is 0.416 e. The summed E-state index contributed by atoms with van der Waals surface area (Å²) >= 11 is 0. The average molecular weight is 488 g/mol. The third-order valence-corrected chi connectivity index (χ3v) is 4.94. The van der Waals surface area contributed by atoms with Crippen molar-refractivity contribution in [1.29, 1.82) is 0 Å². The third-order valence-electron chi connectivity index (χ3n) is 4.94. The van der Waals surface area contributed by atoms with Crippen molar-refractivity contribution < 1.29 is 33.0 Å². The number of carbonyl (C=O) groups excluding carboxylic acids is 2. The van der Waals surface area contributed by atoms with Gasteiger partial charge in [-0.15, -0.1) is 0 Å². The Balaban J connectivity index is 1.73. The van der Waals surface area contributed by atoms with E-state index in [4.69, 9.17) is 5.11 Å². The van der Waals surface area contributed by atoms with Gasteiger partial charge in [-0.2, -0.15) is 13.2 Å². The van der Waals surface area contributed by atoms with Gasteiger partial charge in [0.05, 0.1) is 42.0 Å². The van der Waals surface area contributed by atoms with E-state index in [1.807, 2.05) is 0 Å². The zero-order chi connectivity index (χ0) is 25.6. The number of aryl methyl sites for hydroxylation is 1. The minimum absolute atomic E-state index is 0.0856. The van der Waals surface area contributed by atoms with Crippen molar-refractivity contribution in [3.8, 4) is 0 Å². The van der Waals surface area contributed by atoms with Gasteiger partial charge in [-0.1, -0.05) is 12.1 Å². The van der Waals surface area contributed by atoms with Gasteiger partial charge in [-0.05, 0) is 48.9 Å². The zero-order valence-corrected chi connectivity index (χ0v) is 18.6. The molecule has 8 nitrogen and oxygen atoms in total. The highest BCUT2D eigenvalue weighted by molar-refractivity contribution is 6.08. The first kappa shape index (κ1) is 25.7. The molecular weight excluding hydrogens is 465 g/mol. The number of hydrogen-bond acceptors (Lipinski definition) is 6. The molecule has 35 heavy (non-hydrogen) atoms. The Hall–Kier alpha value is -3.96. The number of aromatic nitrogens is 1. The monoisotopic (exact) mass is 488 g/mol. The van der Waals surface area contributed by atoms with Crippen molar-refractivity contribution in [3.05, 3.63) is 83.2 Å². The highest BCUT2D eigenvalue weighted by atomic mass is 19.4. The number of nitrogens with zero attached hydrogens (tertiary/aromatic N) is 1. The van der Waals surface area contributed by atoms with Crippen LogP contribution < -0.4 is 16.0 Å². The number of anilines is 3. The number of aliphatic hydroxyl groups excluding tert-OH is 2. The predicted octanol–water partition coefficient (Wildman–Crippen LogP) is 3.68. The number of nitrogens with one attached hydrogen (secondary N) is 3. The van der Waals surface area contributed by atoms with Crippen molar-refractivity contribution in [1.82, 2.24) is 4.98 Å². The maximum atomic E-state index is 12.9. The third kappa shape index (κ3) is 7.01. The number of benzene rings is 2. The Morgan fingerprint density at radius 3 is 2.40 bits per heavy atom. The van der Waals surface area contributed by atoms with Crippen molar-refractivity contribution in [2.24, 2.45) is 0 Å². The summed E-state index contributed by atoms with van der Waals surface area (Å²) in [7, 11) is 0. The standard InChI is InChI=1S/C24H23F3N4O4/c1-14-5-6-17(30-22(34)15-3-2-4-16(7-15)24(25,26)27)9-21(14)23(35)31-19-8-18(10-28-11-19)29-12-20(33)13-32/h2-11,20,29,32-33H,12-13H2,1H3,(H,30,34)(H,31,35)/t20-/m0/s1. The van der Waals surface area contributed by atoms with Crippen LogP contribution in [0.15, 0.2) is 60.9 Å². The van der Waals surface area contributed by atoms with E-state index in [9.17, 15) is 27.9 Å². The first-order valence-electron chi connectivity index (χ1n) is 10.5. The predicted molar refractivity (Wildman–Crippen MR) is 124 cm³/mol. The highest BCUT2D eigenvalue weighted by Gasteiger charge is 2.30. The van der Waals surface area contributed by atoms with Crippen molar-refractivity contribution in [3.63, 3.8) is 0 Å². The summed E-state index contributed by atoms with van der Waals surface area (Å²) in [6.45, 7) is 1.37. The van der Waals surface area contributed by atoms with Crippen LogP contribution in [0.2, 0.25) is 0 Å². The molecule has 1 atom stereocenters. The van der Waals surface area contributed by atoms with Gasteiger partial charge in [0.1, 0.15) is 0 Å². The molecule has 0 bridgehead atoms. The van der Waals surface area contributed by atoms with Crippen LogP contribution in [0.4, 0.5) is 30.2 Å². The number of aliphatic hydroxyl groups is 2. The fourth-order valence-electron chi connectivity index (χ4n) is 3.09. The lowest BCUT2D eigenvalue weighted by atomic mass is 10.1. The van der Waals surface area contributed by atoms with Gasteiger partial charge in [0.25, 0.3) is 11.8 Å². The summed E-state index contributed by atoms with van der Waals surface area (Å²) in [5.41, 5.74) is 0.826. The zero-order valence-electron chi connectivity index (χ0n) is 18.6. The highest BCUT2D eigenvalue weighted by Crippen LogP contribution is 2.29. The Morgan fingerprint density at radius 1 is 0.971 bits per heavy atom. The van der Waals surface area contributed by atoms with Crippen LogP contribution in [-0.4, -0.2) is 46.3 Å². The molecule has 0 aliphatic heterocycles. The van der Waals surface area contributed by atoms with E-state index in [1.165, 1.54) is 30.6 Å². The van der Waals surface area contributed by atoms with Crippen LogP contribution in [0.25, 0.3) is 0 Å². The van der Waals surface area contributed by atoms with Crippen LogP contribution in [0.5, 0.6) is 0 Å². The molecule has 0 radical (unpaired) electrons. The van der Waals surface area contributed by atoms with Gasteiger partial charge in [-0.25, -0.2) is 0 Å². The second kappa shape index (κ2) is 11.0. The van der Waals surface area contributed by atoms with Gasteiger partial charge in [0.15, 0.2) is 0 Å². The van der Waals surface area contributed by atoms with Crippen molar-refractivity contribution in [2.75, 3.05) is 29.1 Å². The fraction of sp³-hybridized carbons (Fsp3) is 0.208. The number of hydrogen-bond donors (Lipinski definition) is 5. The summed E-state index contributed by atoms with van der Waals surface area (Å²) in [6.07, 6.45) is -2.63. The Bertz CT molecular complexity index is 1220. The average Bonchev–Trinajstić information content (AvgIpc) is 2.83. The van der Waals surface area contributed by atoms with E-state index < -0.39 is 36.3 Å². The number of pyridine rings is 1. The van der Waals surface area contributed by atoms with Crippen LogP contribution in [0.1, 0.15) is 31.8 Å². The van der Waals surface area contributed by atoms with Gasteiger partial charge in [0, 0.05) is 23.4 Å². The molecule has 11 heteroatoms. The Morgan fingerprint density at radius 2 is 1.69 bits per heavy atom. The maximum absolute atomic E-state index is 12.9. The van der Waals surface area contributed by atoms with Crippen LogP contribution in [0, 0.1) is 6.92 Å². The molecular formula is C24H23F3N4O4. The molecule has 2 amide bonds. The van der Waals surface area contributed by atoms with E-state index in [0.29, 0.717) is 16.9 Å². The molecule has 0 saturated carbocycles. The normalized spacial score (nSPS) is 12.1. The van der Waals surface area contributed by atoms with Gasteiger partial charge >= 0.3 is 6.18 Å². The lowest BCUT2D eigenvalue weighted by molar-refractivity contribution is -0.137. The molecule has 0 aliphatic carbocycles. The van der Waals surface area contributed by atoms with Gasteiger partial charge < -0.3 is 26.2 Å². The number of carbonyl (C=O) groups is 2. The molecule has 0 spiro atoms. The molecule has 184 valence electrons. The molecule has 1 heterocycles. The molecule has 1 aromatic heterocycles. The van der Waals surface area contributed by atoms with Crippen LogP contribution in [-0.2, 0) is 6.18 Å². The Kier molecular flexibility index (Phi) is 8.05. The molecule has 0 unspecified atom stereocenters. The summed E-state index contributed by atoms with van der Waals surface area (Å²) in [6, 6.07) is 10.2. The van der Waals surface area contributed by atoms with Crippen molar-refractivity contribution in [2.45, 2.75) is 19.2 Å². The molecule has 3 rings (SSSR count). The van der Waals surface area contributed by atoms with Crippen molar-refractivity contribution >= 4 is 28.9 Å². The molecule has 3 aromatic rings. The van der Waals surface area contributed by atoms with E-state index in [1.54, 1.807) is 19.1 Å². The van der Waals surface area contributed by atoms with E-state index >= 15 is 0 Å². The van der Waals surface area contributed by atoms with E-state index in [0.717, 1.165) is 18.2 Å². The smallest absolute Gasteiger partial charge is 0.394 e. The number of halogens is 3. The number of rotatable bonds is 8. The van der Waals surface area contributed by atoms with Gasteiger partial charge in [-0.3, -0.25) is 14.6 Å². The second-order valence-electron chi connectivity index (χ2n) is 7.70. The first-order valence-corrected chi connectivity index (χ1v) is 10.5. The number of amides is 2. The lowest BCUT2D eigenvalue weighted by Crippen LogP contribution is -2.23. The molecule has 0 aliphatic rings. The van der Waals surface area contributed by atoms with E-state index in [2.05, 4.69) is 20.9 Å². The summed E-state index contributed by atoms with van der Waals surface area (Å²) < 4.78 is 38.8. The molecule has 0 saturated heterocycles. The molecule has 0 fully saturated rings. The summed E-state index contributed by atoms with van der Waals surface area (Å²) in [5, 5.41) is 26.4. The minimum atomic E-state index is -4.58. The topological polar surface area (TPSA) is 124 Å². The van der Waals surface area contributed by atoms with Gasteiger partial charge in [0.2, 0.25) is 0 Å². The molecule has 5 N–H and O–H groups in total. The Labute approximate surface area is 198 Å². The fourth-order valence-corrected chi connectivity index (χ4v) is 3.09. The second-order valence-corrected chi connectivity index (χ2v) is 7.70. The minimum Gasteiger partial charge on any atom is -0.394 e. The largest absolute Gasteiger partial charge is 0.416 e. The van der Waals surface area contributed by atoms with Crippen LogP contribution >= 0.6 is 0 Å². The number of alkyl halides is 3. The van der Waals surface area contributed by atoms with Crippen LogP contribution in [0.3, 0.4) is 0 Å². The van der Waals surface area contributed by atoms with E-state index in [-0.39, 0.29) is 23.4 Å². The summed E-state index contributed by atoms with van der Waals surface area (Å²) in [4.78, 5) is 29.4. The molecule has 2 aromatic carbocycles.